The molecule has 2 bridgehead atoms. The molecule has 22 heavy (non-hydrogen) atoms. The summed E-state index contributed by atoms with van der Waals surface area (Å²) in [4.78, 5) is 14.8. The molecule has 0 saturated heterocycles. The summed E-state index contributed by atoms with van der Waals surface area (Å²) >= 11 is 0. The lowest BCUT2D eigenvalue weighted by atomic mass is 9.86. The molecule has 3 heteroatoms. The molecule has 3 atom stereocenters. The van der Waals surface area contributed by atoms with Crippen LogP contribution in [0.1, 0.15) is 44.1 Å². The van der Waals surface area contributed by atoms with Crippen LogP contribution in [0.5, 0.6) is 0 Å². The van der Waals surface area contributed by atoms with Gasteiger partial charge in [0.05, 0.1) is 0 Å². The van der Waals surface area contributed by atoms with E-state index in [9.17, 15) is 4.79 Å². The van der Waals surface area contributed by atoms with E-state index in [0.717, 1.165) is 37.8 Å². The third-order valence-corrected chi connectivity index (χ3v) is 5.52. The first kappa shape index (κ1) is 15.5. The lowest BCUT2D eigenvalue weighted by Gasteiger charge is -2.27. The first-order valence-electron chi connectivity index (χ1n) is 8.78. The molecule has 120 valence electrons. The normalized spacial score (nSPS) is 26.3. The second-order valence-corrected chi connectivity index (χ2v) is 7.08. The molecule has 3 nitrogen and oxygen atoms in total. The van der Waals surface area contributed by atoms with Crippen molar-refractivity contribution in [2.24, 2.45) is 23.5 Å². The van der Waals surface area contributed by atoms with Gasteiger partial charge >= 0.3 is 0 Å². The average molecular weight is 300 g/mol. The van der Waals surface area contributed by atoms with Gasteiger partial charge in [0, 0.05) is 19.5 Å². The summed E-state index contributed by atoms with van der Waals surface area (Å²) in [5, 5.41) is 0. The zero-order valence-corrected chi connectivity index (χ0v) is 13.4. The molecule has 3 unspecified atom stereocenters. The second kappa shape index (κ2) is 7.28. The van der Waals surface area contributed by atoms with E-state index in [0.29, 0.717) is 18.4 Å². The van der Waals surface area contributed by atoms with Crippen molar-refractivity contribution in [2.45, 2.75) is 45.1 Å². The lowest BCUT2D eigenvalue weighted by molar-refractivity contribution is -0.133. The molecule has 1 aromatic rings. The third-order valence-electron chi connectivity index (χ3n) is 5.52. The Balaban J connectivity index is 1.59. The number of hydrogen-bond acceptors (Lipinski definition) is 2. The molecule has 0 aliphatic heterocycles. The minimum absolute atomic E-state index is 0.329. The molecule has 0 aromatic heterocycles. The molecule has 2 fully saturated rings. The van der Waals surface area contributed by atoms with Gasteiger partial charge in [-0.2, -0.15) is 0 Å². The van der Waals surface area contributed by atoms with Gasteiger partial charge in [-0.15, -0.1) is 0 Å². The van der Waals surface area contributed by atoms with Crippen LogP contribution in [-0.4, -0.2) is 23.9 Å². The highest BCUT2D eigenvalue weighted by Gasteiger charge is 2.40. The van der Waals surface area contributed by atoms with E-state index in [1.54, 1.807) is 0 Å². The second-order valence-electron chi connectivity index (χ2n) is 7.08. The smallest absolute Gasteiger partial charge is 0.223 e. The van der Waals surface area contributed by atoms with Crippen LogP contribution < -0.4 is 5.73 Å². The number of nitrogens with zero attached hydrogens (tertiary/aromatic N) is 1. The van der Waals surface area contributed by atoms with Crippen LogP contribution in [0.4, 0.5) is 0 Å². The average Bonchev–Trinajstić information content (AvgIpc) is 3.15. The molecule has 0 radical (unpaired) electrons. The van der Waals surface area contributed by atoms with E-state index in [-0.39, 0.29) is 0 Å². The molecular weight excluding hydrogens is 272 g/mol. The molecule has 1 aromatic carbocycles. The SMILES string of the molecule is NCCCN(Cc1ccccc1)C(=O)CC1CC2CCC1C2. The fourth-order valence-electron chi connectivity index (χ4n) is 4.36. The van der Waals surface area contributed by atoms with Gasteiger partial charge in [0.25, 0.3) is 0 Å². The summed E-state index contributed by atoms with van der Waals surface area (Å²) in [6.07, 6.45) is 7.04. The zero-order chi connectivity index (χ0) is 15.4. The number of fused-ring (bicyclic) bond motifs is 2. The van der Waals surface area contributed by atoms with Crippen LogP contribution in [-0.2, 0) is 11.3 Å². The van der Waals surface area contributed by atoms with Gasteiger partial charge < -0.3 is 10.6 Å². The van der Waals surface area contributed by atoms with E-state index >= 15 is 0 Å². The Hall–Kier alpha value is -1.35. The maximum atomic E-state index is 12.8. The number of amides is 1. The molecule has 0 heterocycles. The largest absolute Gasteiger partial charge is 0.338 e. The molecule has 2 saturated carbocycles. The Morgan fingerprint density at radius 2 is 2.00 bits per heavy atom. The Labute approximate surface area is 133 Å². The lowest BCUT2D eigenvalue weighted by Crippen LogP contribution is -2.34. The van der Waals surface area contributed by atoms with Gasteiger partial charge in [-0.25, -0.2) is 0 Å². The predicted octanol–water partition coefficient (Wildman–Crippen LogP) is 3.19. The Kier molecular flexibility index (Phi) is 5.14. The van der Waals surface area contributed by atoms with Gasteiger partial charge in [-0.1, -0.05) is 36.8 Å². The fourth-order valence-corrected chi connectivity index (χ4v) is 4.36. The summed E-state index contributed by atoms with van der Waals surface area (Å²) < 4.78 is 0. The maximum absolute atomic E-state index is 12.8. The maximum Gasteiger partial charge on any atom is 0.223 e. The third kappa shape index (κ3) is 3.70. The standard InChI is InChI=1S/C19H28N2O/c20-9-4-10-21(14-15-5-2-1-3-6-15)19(22)13-18-12-16-7-8-17(18)11-16/h1-3,5-6,16-18H,4,7-14,20H2. The van der Waals surface area contributed by atoms with Gasteiger partial charge in [0.2, 0.25) is 5.91 Å². The topological polar surface area (TPSA) is 46.3 Å². The van der Waals surface area contributed by atoms with Gasteiger partial charge in [0.15, 0.2) is 0 Å². The number of hydrogen-bond donors (Lipinski definition) is 1. The van der Waals surface area contributed by atoms with Crippen molar-refractivity contribution in [1.82, 2.24) is 4.90 Å². The number of benzene rings is 1. The fraction of sp³-hybridized carbons (Fsp3) is 0.632. The number of carbonyl (C=O) groups is 1. The Morgan fingerprint density at radius 1 is 1.18 bits per heavy atom. The highest BCUT2D eigenvalue weighted by atomic mass is 16.2. The van der Waals surface area contributed by atoms with E-state index in [1.165, 1.54) is 31.2 Å². The summed E-state index contributed by atoms with van der Waals surface area (Å²) in [5.41, 5.74) is 6.85. The van der Waals surface area contributed by atoms with Crippen molar-refractivity contribution in [3.05, 3.63) is 35.9 Å². The first-order valence-corrected chi connectivity index (χ1v) is 8.78. The van der Waals surface area contributed by atoms with Crippen molar-refractivity contribution >= 4 is 5.91 Å². The van der Waals surface area contributed by atoms with Crippen LogP contribution in [0.2, 0.25) is 0 Å². The zero-order valence-electron chi connectivity index (χ0n) is 13.4. The Bertz CT molecular complexity index is 487. The first-order chi connectivity index (χ1) is 10.8. The van der Waals surface area contributed by atoms with Crippen LogP contribution in [0.3, 0.4) is 0 Å². The van der Waals surface area contributed by atoms with Crippen LogP contribution >= 0.6 is 0 Å². The van der Waals surface area contributed by atoms with Crippen LogP contribution in [0.15, 0.2) is 30.3 Å². The van der Waals surface area contributed by atoms with Crippen molar-refractivity contribution in [3.8, 4) is 0 Å². The van der Waals surface area contributed by atoms with Crippen molar-refractivity contribution in [1.29, 1.82) is 0 Å². The quantitative estimate of drug-likeness (QED) is 0.840. The molecular formula is C19H28N2O. The summed E-state index contributed by atoms with van der Waals surface area (Å²) in [6.45, 7) is 2.15. The molecule has 0 spiro atoms. The van der Waals surface area contributed by atoms with E-state index in [1.807, 2.05) is 23.1 Å². The van der Waals surface area contributed by atoms with E-state index in [2.05, 4.69) is 12.1 Å². The molecule has 3 rings (SSSR count). The van der Waals surface area contributed by atoms with Crippen LogP contribution in [0, 0.1) is 17.8 Å². The molecule has 2 aliphatic rings. The minimum Gasteiger partial charge on any atom is -0.338 e. The van der Waals surface area contributed by atoms with Crippen LogP contribution in [0.25, 0.3) is 0 Å². The monoisotopic (exact) mass is 300 g/mol. The van der Waals surface area contributed by atoms with Crippen molar-refractivity contribution in [3.63, 3.8) is 0 Å². The van der Waals surface area contributed by atoms with Gasteiger partial charge in [-0.05, 0) is 55.5 Å². The van der Waals surface area contributed by atoms with Crippen molar-refractivity contribution < 1.29 is 4.79 Å². The predicted molar refractivity (Wildman–Crippen MR) is 89.1 cm³/mol. The summed E-state index contributed by atoms with van der Waals surface area (Å²) in [7, 11) is 0. The summed E-state index contributed by atoms with van der Waals surface area (Å²) in [6, 6.07) is 10.3. The summed E-state index contributed by atoms with van der Waals surface area (Å²) in [5.74, 6) is 2.70. The highest BCUT2D eigenvalue weighted by Crippen LogP contribution is 2.49. The number of rotatable bonds is 7. The van der Waals surface area contributed by atoms with Gasteiger partial charge in [0.1, 0.15) is 0 Å². The molecule has 2 N–H and O–H groups in total. The van der Waals surface area contributed by atoms with Crippen molar-refractivity contribution in [2.75, 3.05) is 13.1 Å². The highest BCUT2D eigenvalue weighted by molar-refractivity contribution is 5.76. The number of nitrogens with two attached hydrogens (primary N) is 1. The number of carbonyl (C=O) groups excluding carboxylic acids is 1. The minimum atomic E-state index is 0.329. The Morgan fingerprint density at radius 3 is 2.64 bits per heavy atom. The van der Waals surface area contributed by atoms with E-state index in [4.69, 9.17) is 5.73 Å². The van der Waals surface area contributed by atoms with Gasteiger partial charge in [-0.3, -0.25) is 4.79 Å². The molecule has 1 amide bonds. The molecule has 2 aliphatic carbocycles. The van der Waals surface area contributed by atoms with E-state index < -0.39 is 0 Å².